The number of nitrogens with one attached hydrogen (secondary N) is 1. The van der Waals surface area contributed by atoms with Gasteiger partial charge in [0.1, 0.15) is 5.75 Å². The summed E-state index contributed by atoms with van der Waals surface area (Å²) in [5.74, 6) is -0.691. The lowest BCUT2D eigenvalue weighted by atomic mass is 9.79. The molecule has 0 saturated carbocycles. The third-order valence-electron chi connectivity index (χ3n) is 5.89. The van der Waals surface area contributed by atoms with E-state index < -0.39 is 24.2 Å². The molecule has 6 nitrogen and oxygen atoms in total. The van der Waals surface area contributed by atoms with Crippen LogP contribution in [0.5, 0.6) is 5.75 Å². The van der Waals surface area contributed by atoms with Gasteiger partial charge >= 0.3 is 5.97 Å². The molecule has 0 aromatic heterocycles. The average Bonchev–Trinajstić information content (AvgIpc) is 2.70. The van der Waals surface area contributed by atoms with Crippen molar-refractivity contribution >= 4 is 23.5 Å². The Labute approximate surface area is 200 Å². The topological polar surface area (TPSA) is 84.9 Å². The number of halogens is 1. The second-order valence-electron chi connectivity index (χ2n) is 10.0. The fourth-order valence-corrected chi connectivity index (χ4v) is 4.44. The molecule has 7 heteroatoms. The largest absolute Gasteiger partial charge is 0.482 e. The number of carboxylic acid groups (broad SMARTS) is 1. The number of carbonyl (C=O) groups excluding carboxylic acids is 1. The van der Waals surface area contributed by atoms with Crippen LogP contribution in [0.4, 0.5) is 0 Å². The molecular weight excluding hydrogens is 442 g/mol. The van der Waals surface area contributed by atoms with E-state index in [1.807, 2.05) is 49.4 Å². The van der Waals surface area contributed by atoms with E-state index in [1.165, 1.54) is 6.92 Å². The number of amides is 1. The van der Waals surface area contributed by atoms with Gasteiger partial charge in [0.25, 0.3) is 0 Å². The van der Waals surface area contributed by atoms with Gasteiger partial charge in [0.05, 0.1) is 12.2 Å². The summed E-state index contributed by atoms with van der Waals surface area (Å²) >= 11 is 6.08. The van der Waals surface area contributed by atoms with Gasteiger partial charge in [0, 0.05) is 35.9 Å². The molecule has 0 aliphatic carbocycles. The summed E-state index contributed by atoms with van der Waals surface area (Å²) in [6, 6.07) is 13.3. The first kappa shape index (κ1) is 25.1. The SMILES string of the molecule is CC(=O)N[C@]1(C)C[C@@H](c2ccc(Cl)cc2)O[C@@H](c2cc(C(C)(C)C)ccc2OCC(=O)O)C1. The molecule has 2 aromatic rings. The molecular formula is C26H32ClNO5. The third-order valence-corrected chi connectivity index (χ3v) is 6.15. The first-order valence-corrected chi connectivity index (χ1v) is 11.4. The van der Waals surface area contributed by atoms with Crippen molar-refractivity contribution in [2.75, 3.05) is 6.61 Å². The van der Waals surface area contributed by atoms with Crippen molar-refractivity contribution in [3.8, 4) is 5.75 Å². The van der Waals surface area contributed by atoms with Crippen LogP contribution in [0.15, 0.2) is 42.5 Å². The molecule has 1 saturated heterocycles. The van der Waals surface area contributed by atoms with E-state index >= 15 is 0 Å². The summed E-state index contributed by atoms with van der Waals surface area (Å²) in [4.78, 5) is 23.2. The third kappa shape index (κ3) is 6.49. The summed E-state index contributed by atoms with van der Waals surface area (Å²) in [7, 11) is 0. The van der Waals surface area contributed by atoms with Crippen molar-refractivity contribution in [3.05, 3.63) is 64.2 Å². The molecule has 3 atom stereocenters. The summed E-state index contributed by atoms with van der Waals surface area (Å²) < 4.78 is 12.2. The molecule has 1 amide bonds. The highest BCUT2D eigenvalue weighted by molar-refractivity contribution is 6.30. The van der Waals surface area contributed by atoms with Crippen molar-refractivity contribution < 1.29 is 24.2 Å². The number of aliphatic carboxylic acids is 1. The predicted octanol–water partition coefficient (Wildman–Crippen LogP) is 5.59. The van der Waals surface area contributed by atoms with E-state index in [0.717, 1.165) is 16.7 Å². The van der Waals surface area contributed by atoms with Crippen LogP contribution < -0.4 is 10.1 Å². The van der Waals surface area contributed by atoms with Gasteiger partial charge in [-0.1, -0.05) is 50.6 Å². The van der Waals surface area contributed by atoms with Gasteiger partial charge in [0.2, 0.25) is 5.91 Å². The van der Waals surface area contributed by atoms with Crippen LogP contribution in [-0.2, 0) is 19.7 Å². The molecule has 0 spiro atoms. The van der Waals surface area contributed by atoms with Crippen molar-refractivity contribution in [3.63, 3.8) is 0 Å². The summed E-state index contributed by atoms with van der Waals surface area (Å²) in [6.07, 6.45) is 0.411. The van der Waals surface area contributed by atoms with E-state index in [0.29, 0.717) is 23.6 Å². The van der Waals surface area contributed by atoms with Crippen molar-refractivity contribution in [1.82, 2.24) is 5.32 Å². The van der Waals surface area contributed by atoms with Crippen molar-refractivity contribution in [1.29, 1.82) is 0 Å². The van der Waals surface area contributed by atoms with E-state index in [2.05, 4.69) is 26.1 Å². The Bertz CT molecular complexity index is 1010. The van der Waals surface area contributed by atoms with Crippen LogP contribution in [0.1, 0.15) is 76.4 Å². The lowest BCUT2D eigenvalue weighted by Gasteiger charge is -2.43. The Morgan fingerprint density at radius 1 is 1.15 bits per heavy atom. The zero-order valence-electron chi connectivity index (χ0n) is 19.8. The summed E-state index contributed by atoms with van der Waals surface area (Å²) in [5.41, 5.74) is 2.17. The van der Waals surface area contributed by atoms with Gasteiger partial charge in [-0.05, 0) is 47.7 Å². The smallest absolute Gasteiger partial charge is 0.341 e. The van der Waals surface area contributed by atoms with Gasteiger partial charge in [-0.25, -0.2) is 4.79 Å². The van der Waals surface area contributed by atoms with Crippen molar-refractivity contribution in [2.45, 2.75) is 70.6 Å². The summed E-state index contributed by atoms with van der Waals surface area (Å²) in [5, 5.41) is 12.9. The van der Waals surface area contributed by atoms with Gasteiger partial charge in [-0.15, -0.1) is 0 Å². The van der Waals surface area contributed by atoms with Crippen LogP contribution in [0.3, 0.4) is 0 Å². The van der Waals surface area contributed by atoms with Gasteiger partial charge in [-0.2, -0.15) is 0 Å². The minimum atomic E-state index is -1.05. The van der Waals surface area contributed by atoms with E-state index in [-0.39, 0.29) is 17.4 Å². The number of benzene rings is 2. The molecule has 0 unspecified atom stereocenters. The molecule has 178 valence electrons. The monoisotopic (exact) mass is 473 g/mol. The highest BCUT2D eigenvalue weighted by Gasteiger charge is 2.41. The quantitative estimate of drug-likeness (QED) is 0.571. The maximum atomic E-state index is 12.0. The number of carboxylic acids is 1. The zero-order chi connectivity index (χ0) is 24.4. The Kier molecular flexibility index (Phi) is 7.39. The zero-order valence-corrected chi connectivity index (χ0v) is 20.5. The molecule has 0 radical (unpaired) electrons. The lowest BCUT2D eigenvalue weighted by Crippen LogP contribution is -2.50. The van der Waals surface area contributed by atoms with Crippen LogP contribution in [0.25, 0.3) is 0 Å². The molecule has 1 aliphatic heterocycles. The number of hydrogen-bond acceptors (Lipinski definition) is 4. The second kappa shape index (κ2) is 9.74. The van der Waals surface area contributed by atoms with Crippen LogP contribution in [0, 0.1) is 0 Å². The van der Waals surface area contributed by atoms with Gasteiger partial charge in [0.15, 0.2) is 6.61 Å². The number of rotatable bonds is 6. The van der Waals surface area contributed by atoms with Crippen LogP contribution in [0.2, 0.25) is 5.02 Å². The lowest BCUT2D eigenvalue weighted by molar-refractivity contribution is -0.139. The molecule has 2 N–H and O–H groups in total. The molecule has 1 fully saturated rings. The molecule has 1 aliphatic rings. The van der Waals surface area contributed by atoms with Gasteiger partial charge in [-0.3, -0.25) is 4.79 Å². The highest BCUT2D eigenvalue weighted by Crippen LogP contribution is 2.46. The maximum Gasteiger partial charge on any atom is 0.341 e. The van der Waals surface area contributed by atoms with Crippen LogP contribution >= 0.6 is 11.6 Å². The predicted molar refractivity (Wildman–Crippen MR) is 128 cm³/mol. The first-order chi connectivity index (χ1) is 15.4. The second-order valence-corrected chi connectivity index (χ2v) is 10.4. The maximum absolute atomic E-state index is 12.0. The molecule has 2 aromatic carbocycles. The van der Waals surface area contributed by atoms with Gasteiger partial charge < -0.3 is 19.9 Å². The minimum absolute atomic E-state index is 0.112. The Morgan fingerprint density at radius 3 is 2.36 bits per heavy atom. The van der Waals surface area contributed by atoms with E-state index in [9.17, 15) is 9.59 Å². The minimum Gasteiger partial charge on any atom is -0.482 e. The Balaban J connectivity index is 2.05. The molecule has 3 rings (SSSR count). The summed E-state index contributed by atoms with van der Waals surface area (Å²) in [6.45, 7) is 9.42. The average molecular weight is 474 g/mol. The first-order valence-electron chi connectivity index (χ1n) is 11.0. The fourth-order valence-electron chi connectivity index (χ4n) is 4.32. The highest BCUT2D eigenvalue weighted by atomic mass is 35.5. The van der Waals surface area contributed by atoms with Crippen LogP contribution in [-0.4, -0.2) is 29.1 Å². The molecule has 33 heavy (non-hydrogen) atoms. The standard InChI is InChI=1S/C26H32ClNO5/c1-16(29)28-26(5)13-22(17-6-9-19(27)10-7-17)33-23(14-26)20-12-18(25(2,3)4)8-11-21(20)32-15-24(30)31/h6-12,22-23H,13-15H2,1-5H3,(H,28,29)(H,30,31)/t22-,23+,26+/m0/s1. The Hall–Kier alpha value is -2.57. The van der Waals surface area contributed by atoms with E-state index in [1.54, 1.807) is 0 Å². The van der Waals surface area contributed by atoms with E-state index in [4.69, 9.17) is 26.2 Å². The molecule has 0 bridgehead atoms. The Morgan fingerprint density at radius 2 is 1.79 bits per heavy atom. The normalized spacial score (nSPS) is 23.1. The number of carbonyl (C=O) groups is 2. The van der Waals surface area contributed by atoms with Crippen molar-refractivity contribution in [2.24, 2.45) is 0 Å². The fraction of sp³-hybridized carbons (Fsp3) is 0.462. The number of ether oxygens (including phenoxy) is 2. The molecule has 1 heterocycles. The number of hydrogen-bond donors (Lipinski definition) is 2.